The molecule has 0 atom stereocenters. The van der Waals surface area contributed by atoms with Crippen LogP contribution in [0.15, 0.2) is 53.7 Å². The van der Waals surface area contributed by atoms with Crippen LogP contribution < -0.4 is 10.2 Å². The summed E-state index contributed by atoms with van der Waals surface area (Å²) in [5.41, 5.74) is 2.15. The standard InChI is InChI=1S/C20H23N3O2S/c24-18(21-12-4-9-16-7-2-1-3-8-16)11-6-14-23-17-10-5-13-22-20(17)26-15-19(23)25/h1-3,5,7-8,10,13H,4,6,9,11-12,14-15H2,(H,21,24). The smallest absolute Gasteiger partial charge is 0.237 e. The number of carbonyl (C=O) groups excluding carboxylic acids is 2. The predicted octanol–water partition coefficient (Wildman–Crippen LogP) is 3.05. The molecule has 2 heterocycles. The number of hydrogen-bond acceptors (Lipinski definition) is 4. The highest BCUT2D eigenvalue weighted by molar-refractivity contribution is 8.00. The van der Waals surface area contributed by atoms with Crippen molar-refractivity contribution in [3.63, 3.8) is 0 Å². The summed E-state index contributed by atoms with van der Waals surface area (Å²) in [5, 5.41) is 3.85. The minimum atomic E-state index is 0.0447. The average Bonchev–Trinajstić information content (AvgIpc) is 2.68. The van der Waals surface area contributed by atoms with Gasteiger partial charge in [-0.15, -0.1) is 0 Å². The molecule has 0 saturated heterocycles. The van der Waals surface area contributed by atoms with Gasteiger partial charge in [0.25, 0.3) is 0 Å². The van der Waals surface area contributed by atoms with Crippen molar-refractivity contribution in [3.8, 4) is 0 Å². The van der Waals surface area contributed by atoms with Crippen molar-refractivity contribution in [2.75, 3.05) is 23.7 Å². The molecule has 26 heavy (non-hydrogen) atoms. The number of pyridine rings is 1. The van der Waals surface area contributed by atoms with Gasteiger partial charge in [-0.1, -0.05) is 42.1 Å². The Bertz CT molecular complexity index is 752. The zero-order chi connectivity index (χ0) is 18.2. The van der Waals surface area contributed by atoms with Gasteiger partial charge in [0.2, 0.25) is 11.8 Å². The summed E-state index contributed by atoms with van der Waals surface area (Å²) < 4.78 is 0. The fourth-order valence-electron chi connectivity index (χ4n) is 2.94. The van der Waals surface area contributed by atoms with E-state index in [1.54, 1.807) is 11.1 Å². The van der Waals surface area contributed by atoms with Crippen molar-refractivity contribution >= 4 is 29.3 Å². The second-order valence-corrected chi connectivity index (χ2v) is 7.17. The number of thioether (sulfide) groups is 1. The maximum Gasteiger partial charge on any atom is 0.237 e. The normalized spacial score (nSPS) is 13.4. The van der Waals surface area contributed by atoms with Gasteiger partial charge in [-0.05, 0) is 37.0 Å². The fourth-order valence-corrected chi connectivity index (χ4v) is 3.82. The van der Waals surface area contributed by atoms with E-state index < -0.39 is 0 Å². The van der Waals surface area contributed by atoms with Crippen LogP contribution in [0.3, 0.4) is 0 Å². The highest BCUT2D eigenvalue weighted by Crippen LogP contribution is 2.33. The molecule has 1 N–H and O–H groups in total. The molecule has 0 spiro atoms. The van der Waals surface area contributed by atoms with Gasteiger partial charge >= 0.3 is 0 Å². The van der Waals surface area contributed by atoms with Crippen LogP contribution >= 0.6 is 11.8 Å². The van der Waals surface area contributed by atoms with Crippen molar-refractivity contribution < 1.29 is 9.59 Å². The molecular weight excluding hydrogens is 346 g/mol. The van der Waals surface area contributed by atoms with E-state index in [-0.39, 0.29) is 11.8 Å². The molecule has 0 radical (unpaired) electrons. The third kappa shape index (κ3) is 5.08. The first-order chi connectivity index (χ1) is 12.7. The molecule has 1 aliphatic rings. The molecule has 2 aromatic rings. The van der Waals surface area contributed by atoms with E-state index in [4.69, 9.17) is 0 Å². The quantitative estimate of drug-likeness (QED) is 0.727. The molecule has 6 heteroatoms. The lowest BCUT2D eigenvalue weighted by Gasteiger charge is -2.27. The van der Waals surface area contributed by atoms with E-state index in [9.17, 15) is 9.59 Å². The molecule has 0 bridgehead atoms. The Morgan fingerprint density at radius 3 is 2.85 bits per heavy atom. The van der Waals surface area contributed by atoms with Crippen molar-refractivity contribution in [1.29, 1.82) is 0 Å². The summed E-state index contributed by atoms with van der Waals surface area (Å²) in [6.07, 6.45) is 4.71. The van der Waals surface area contributed by atoms with E-state index in [1.807, 2.05) is 30.3 Å². The van der Waals surface area contributed by atoms with Crippen molar-refractivity contribution in [2.24, 2.45) is 0 Å². The van der Waals surface area contributed by atoms with Gasteiger partial charge in [0.05, 0.1) is 11.4 Å². The van der Waals surface area contributed by atoms with Gasteiger partial charge < -0.3 is 10.2 Å². The molecule has 1 aliphatic heterocycles. The molecule has 0 unspecified atom stereocenters. The molecule has 1 aromatic heterocycles. The largest absolute Gasteiger partial charge is 0.356 e. The fraction of sp³-hybridized carbons (Fsp3) is 0.350. The number of hydrogen-bond donors (Lipinski definition) is 1. The van der Waals surface area contributed by atoms with Crippen LogP contribution in [0, 0.1) is 0 Å². The van der Waals surface area contributed by atoms with E-state index in [2.05, 4.69) is 22.4 Å². The van der Waals surface area contributed by atoms with Crippen molar-refractivity contribution in [3.05, 3.63) is 54.2 Å². The lowest BCUT2D eigenvalue weighted by atomic mass is 10.1. The molecule has 3 rings (SSSR count). The van der Waals surface area contributed by atoms with E-state index >= 15 is 0 Å². The molecule has 0 saturated carbocycles. The maximum atomic E-state index is 12.2. The number of amides is 2. The molecule has 5 nitrogen and oxygen atoms in total. The Kier molecular flexibility index (Phi) is 6.66. The third-order valence-electron chi connectivity index (χ3n) is 4.27. The highest BCUT2D eigenvalue weighted by atomic mass is 32.2. The van der Waals surface area contributed by atoms with Gasteiger partial charge in [0.1, 0.15) is 5.03 Å². The SMILES string of the molecule is O=C(CCCN1C(=O)CSc2ncccc21)NCCCc1ccccc1. The van der Waals surface area contributed by atoms with Gasteiger partial charge in [0, 0.05) is 25.7 Å². The van der Waals surface area contributed by atoms with Crippen molar-refractivity contribution in [1.82, 2.24) is 10.3 Å². The Labute approximate surface area is 158 Å². The predicted molar refractivity (Wildman–Crippen MR) is 104 cm³/mol. The molecule has 1 aromatic carbocycles. The van der Waals surface area contributed by atoms with Crippen LogP contribution in [0.5, 0.6) is 0 Å². The molecule has 0 fully saturated rings. The van der Waals surface area contributed by atoms with Crippen LogP contribution in [0.1, 0.15) is 24.8 Å². The van der Waals surface area contributed by atoms with Crippen LogP contribution in [0.25, 0.3) is 0 Å². The summed E-state index contributed by atoms with van der Waals surface area (Å²) >= 11 is 1.47. The number of benzene rings is 1. The summed E-state index contributed by atoms with van der Waals surface area (Å²) in [5.74, 6) is 0.539. The van der Waals surface area contributed by atoms with Gasteiger partial charge in [-0.3, -0.25) is 9.59 Å². The second kappa shape index (κ2) is 9.38. The minimum Gasteiger partial charge on any atom is -0.356 e. The van der Waals surface area contributed by atoms with Crippen LogP contribution in [0.2, 0.25) is 0 Å². The number of carbonyl (C=O) groups is 2. The van der Waals surface area contributed by atoms with Crippen LogP contribution in [0.4, 0.5) is 5.69 Å². The first kappa shape index (κ1) is 18.5. The van der Waals surface area contributed by atoms with Gasteiger partial charge in [-0.25, -0.2) is 4.98 Å². The first-order valence-corrected chi connectivity index (χ1v) is 9.91. The number of fused-ring (bicyclic) bond motifs is 1. The van der Waals surface area contributed by atoms with Gasteiger partial charge in [0.15, 0.2) is 0 Å². The van der Waals surface area contributed by atoms with Crippen molar-refractivity contribution in [2.45, 2.75) is 30.7 Å². The lowest BCUT2D eigenvalue weighted by Crippen LogP contribution is -2.37. The third-order valence-corrected chi connectivity index (χ3v) is 5.25. The second-order valence-electron chi connectivity index (χ2n) is 6.20. The minimum absolute atomic E-state index is 0.0447. The summed E-state index contributed by atoms with van der Waals surface area (Å²) in [6.45, 7) is 1.23. The van der Waals surface area contributed by atoms with E-state index in [0.717, 1.165) is 23.6 Å². The highest BCUT2D eigenvalue weighted by Gasteiger charge is 2.24. The first-order valence-electron chi connectivity index (χ1n) is 8.93. The number of aromatic nitrogens is 1. The van der Waals surface area contributed by atoms with E-state index in [1.165, 1.54) is 17.3 Å². The molecule has 2 amide bonds. The topological polar surface area (TPSA) is 62.3 Å². The average molecular weight is 369 g/mol. The Morgan fingerprint density at radius 1 is 1.15 bits per heavy atom. The Hall–Kier alpha value is -2.34. The number of aryl methyl sites for hydroxylation is 1. The monoisotopic (exact) mass is 369 g/mol. The number of anilines is 1. The van der Waals surface area contributed by atoms with Crippen LogP contribution in [-0.2, 0) is 16.0 Å². The summed E-state index contributed by atoms with van der Waals surface area (Å²) in [6, 6.07) is 14.0. The number of rotatable bonds is 8. The number of nitrogens with one attached hydrogen (secondary N) is 1. The van der Waals surface area contributed by atoms with E-state index in [0.29, 0.717) is 31.7 Å². The maximum absolute atomic E-state index is 12.2. The van der Waals surface area contributed by atoms with Crippen LogP contribution in [-0.4, -0.2) is 35.6 Å². The Morgan fingerprint density at radius 2 is 2.00 bits per heavy atom. The Balaban J connectivity index is 1.37. The zero-order valence-electron chi connectivity index (χ0n) is 14.7. The number of nitrogens with zero attached hydrogens (tertiary/aromatic N) is 2. The lowest BCUT2D eigenvalue weighted by molar-refractivity contribution is -0.121. The molecule has 0 aliphatic carbocycles. The van der Waals surface area contributed by atoms with Gasteiger partial charge in [-0.2, -0.15) is 0 Å². The zero-order valence-corrected chi connectivity index (χ0v) is 15.5. The molecular formula is C20H23N3O2S. The molecule has 136 valence electrons. The summed E-state index contributed by atoms with van der Waals surface area (Å²) in [4.78, 5) is 30.2. The summed E-state index contributed by atoms with van der Waals surface area (Å²) in [7, 11) is 0.